The van der Waals surface area contributed by atoms with Crippen LogP contribution in [-0.2, 0) is 9.53 Å². The Bertz CT molecular complexity index is 202. The summed E-state index contributed by atoms with van der Waals surface area (Å²) < 4.78 is 5.13. The zero-order chi connectivity index (χ0) is 12.7. The lowest BCUT2D eigenvalue weighted by molar-refractivity contribution is -0.150. The van der Waals surface area contributed by atoms with E-state index in [2.05, 4.69) is 32.6 Å². The number of nitrogens with zero attached hydrogens (tertiary/aromatic N) is 1. The highest BCUT2D eigenvalue weighted by Gasteiger charge is 2.27. The highest BCUT2D eigenvalue weighted by Crippen LogP contribution is 2.13. The first-order valence-corrected chi connectivity index (χ1v) is 6.36. The van der Waals surface area contributed by atoms with Crippen molar-refractivity contribution >= 4 is 5.97 Å². The van der Waals surface area contributed by atoms with Crippen molar-refractivity contribution in [3.05, 3.63) is 0 Å². The van der Waals surface area contributed by atoms with Gasteiger partial charge in [-0.1, -0.05) is 20.8 Å². The molecule has 3 heteroatoms. The third-order valence-electron chi connectivity index (χ3n) is 2.58. The second kappa shape index (κ2) is 7.66. The number of hydrogen-bond donors (Lipinski definition) is 0. The monoisotopic (exact) mass is 229 g/mol. The summed E-state index contributed by atoms with van der Waals surface area (Å²) in [6.07, 6.45) is 0.809. The third kappa shape index (κ3) is 4.97. The molecule has 0 saturated heterocycles. The molecule has 96 valence electrons. The molecule has 0 fully saturated rings. The van der Waals surface area contributed by atoms with E-state index in [9.17, 15) is 4.79 Å². The first-order valence-electron chi connectivity index (χ1n) is 6.36. The van der Waals surface area contributed by atoms with Gasteiger partial charge in [-0.25, -0.2) is 0 Å². The van der Waals surface area contributed by atoms with Gasteiger partial charge < -0.3 is 4.74 Å². The summed E-state index contributed by atoms with van der Waals surface area (Å²) in [6.45, 7) is 13.9. The fourth-order valence-electron chi connectivity index (χ4n) is 1.89. The van der Waals surface area contributed by atoms with E-state index >= 15 is 0 Å². The van der Waals surface area contributed by atoms with Crippen LogP contribution in [0.4, 0.5) is 0 Å². The molecule has 0 aromatic carbocycles. The summed E-state index contributed by atoms with van der Waals surface area (Å²) >= 11 is 0. The Hall–Kier alpha value is -0.570. The lowest BCUT2D eigenvalue weighted by Crippen LogP contribution is -2.47. The van der Waals surface area contributed by atoms with Crippen molar-refractivity contribution in [1.82, 2.24) is 4.90 Å². The molecule has 0 aliphatic heterocycles. The maximum atomic E-state index is 11.8. The van der Waals surface area contributed by atoms with Gasteiger partial charge in [0.15, 0.2) is 0 Å². The maximum absolute atomic E-state index is 11.8. The van der Waals surface area contributed by atoms with Crippen LogP contribution in [0.3, 0.4) is 0 Å². The van der Waals surface area contributed by atoms with E-state index < -0.39 is 0 Å². The van der Waals surface area contributed by atoms with E-state index in [1.54, 1.807) is 0 Å². The van der Waals surface area contributed by atoms with Crippen molar-refractivity contribution < 1.29 is 9.53 Å². The molecule has 0 rings (SSSR count). The largest absolute Gasteiger partial charge is 0.465 e. The Morgan fingerprint density at radius 3 is 2.06 bits per heavy atom. The van der Waals surface area contributed by atoms with Gasteiger partial charge in [0.05, 0.1) is 6.61 Å². The predicted octanol–water partition coefficient (Wildman–Crippen LogP) is 2.69. The van der Waals surface area contributed by atoms with E-state index in [-0.39, 0.29) is 12.0 Å². The minimum Gasteiger partial charge on any atom is -0.465 e. The number of ether oxygens (including phenoxy) is 1. The van der Waals surface area contributed by atoms with Gasteiger partial charge in [0, 0.05) is 12.6 Å². The van der Waals surface area contributed by atoms with Crippen molar-refractivity contribution in [1.29, 1.82) is 0 Å². The van der Waals surface area contributed by atoms with Crippen LogP contribution in [0, 0.1) is 5.92 Å². The Labute approximate surface area is 100 Å². The Balaban J connectivity index is 4.63. The van der Waals surface area contributed by atoms with Gasteiger partial charge in [0.1, 0.15) is 6.04 Å². The number of carbonyl (C=O) groups is 1. The smallest absolute Gasteiger partial charge is 0.323 e. The average Bonchev–Trinajstić information content (AvgIpc) is 2.17. The lowest BCUT2D eigenvalue weighted by atomic mass is 10.1. The Morgan fingerprint density at radius 2 is 1.75 bits per heavy atom. The third-order valence-corrected chi connectivity index (χ3v) is 2.58. The fourth-order valence-corrected chi connectivity index (χ4v) is 1.89. The van der Waals surface area contributed by atoms with Gasteiger partial charge in [0.2, 0.25) is 0 Å². The van der Waals surface area contributed by atoms with Gasteiger partial charge in [-0.15, -0.1) is 0 Å². The molecule has 0 radical (unpaired) electrons. The van der Waals surface area contributed by atoms with E-state index in [0.29, 0.717) is 18.6 Å². The molecule has 0 heterocycles. The van der Waals surface area contributed by atoms with Crippen molar-refractivity contribution in [2.75, 3.05) is 13.2 Å². The summed E-state index contributed by atoms with van der Waals surface area (Å²) in [4.78, 5) is 14.1. The van der Waals surface area contributed by atoms with Gasteiger partial charge in [0.25, 0.3) is 0 Å². The lowest BCUT2D eigenvalue weighted by Gasteiger charge is -2.34. The van der Waals surface area contributed by atoms with Gasteiger partial charge in [-0.3, -0.25) is 9.69 Å². The molecule has 1 atom stereocenters. The second-order valence-corrected chi connectivity index (χ2v) is 4.86. The van der Waals surface area contributed by atoms with Gasteiger partial charge in [-0.05, 0) is 33.1 Å². The zero-order valence-corrected chi connectivity index (χ0v) is 11.6. The van der Waals surface area contributed by atoms with E-state index in [1.165, 1.54) is 0 Å². The number of esters is 1. The molecule has 0 amide bonds. The molecule has 0 aliphatic carbocycles. The number of carbonyl (C=O) groups excluding carboxylic acids is 1. The number of rotatable bonds is 7. The van der Waals surface area contributed by atoms with Gasteiger partial charge >= 0.3 is 5.97 Å². The molecule has 0 saturated carbocycles. The van der Waals surface area contributed by atoms with Crippen LogP contribution in [0.15, 0.2) is 0 Å². The first-order chi connectivity index (χ1) is 7.43. The quantitative estimate of drug-likeness (QED) is 0.629. The summed E-state index contributed by atoms with van der Waals surface area (Å²) in [5.41, 5.74) is 0. The molecule has 3 nitrogen and oxygen atoms in total. The minimum absolute atomic E-state index is 0.0839. The predicted molar refractivity (Wildman–Crippen MR) is 67.4 cm³/mol. The first kappa shape index (κ1) is 15.4. The van der Waals surface area contributed by atoms with Crippen molar-refractivity contribution in [2.24, 2.45) is 5.92 Å². The SMILES string of the molecule is CCOC(=O)C(CC)N(CC(C)C)C(C)C. The zero-order valence-electron chi connectivity index (χ0n) is 11.6. The fraction of sp³-hybridized carbons (Fsp3) is 0.923. The molecule has 0 aromatic rings. The van der Waals surface area contributed by atoms with Crippen LogP contribution in [0.2, 0.25) is 0 Å². The maximum Gasteiger partial charge on any atom is 0.323 e. The number of hydrogen-bond acceptors (Lipinski definition) is 3. The highest BCUT2D eigenvalue weighted by molar-refractivity contribution is 5.75. The molecule has 16 heavy (non-hydrogen) atoms. The standard InChI is InChI=1S/C13H27NO2/c1-7-12(13(15)16-8-2)14(11(5)6)9-10(3)4/h10-12H,7-9H2,1-6H3. The summed E-state index contributed by atoms with van der Waals surface area (Å²) in [5, 5.41) is 0. The van der Waals surface area contributed by atoms with E-state index in [0.717, 1.165) is 13.0 Å². The Morgan fingerprint density at radius 1 is 1.19 bits per heavy atom. The van der Waals surface area contributed by atoms with Crippen molar-refractivity contribution in [3.63, 3.8) is 0 Å². The van der Waals surface area contributed by atoms with E-state index in [4.69, 9.17) is 4.74 Å². The molecule has 0 aliphatic rings. The van der Waals surface area contributed by atoms with Crippen molar-refractivity contribution in [3.8, 4) is 0 Å². The molecule has 0 N–H and O–H groups in total. The average molecular weight is 229 g/mol. The topological polar surface area (TPSA) is 29.5 Å². The molecular formula is C13H27NO2. The van der Waals surface area contributed by atoms with Crippen LogP contribution in [0.1, 0.15) is 48.0 Å². The summed E-state index contributed by atoms with van der Waals surface area (Å²) in [6, 6.07) is 0.277. The summed E-state index contributed by atoms with van der Waals surface area (Å²) in [5.74, 6) is 0.477. The second-order valence-electron chi connectivity index (χ2n) is 4.86. The van der Waals surface area contributed by atoms with Crippen LogP contribution >= 0.6 is 0 Å². The van der Waals surface area contributed by atoms with Crippen LogP contribution in [-0.4, -0.2) is 36.1 Å². The molecule has 0 spiro atoms. The molecular weight excluding hydrogens is 202 g/mol. The van der Waals surface area contributed by atoms with Crippen LogP contribution in [0.25, 0.3) is 0 Å². The summed E-state index contributed by atoms with van der Waals surface area (Å²) in [7, 11) is 0. The van der Waals surface area contributed by atoms with Crippen LogP contribution < -0.4 is 0 Å². The van der Waals surface area contributed by atoms with Crippen molar-refractivity contribution in [2.45, 2.75) is 60.0 Å². The molecule has 0 bridgehead atoms. The van der Waals surface area contributed by atoms with Crippen LogP contribution in [0.5, 0.6) is 0 Å². The minimum atomic E-state index is -0.0950. The molecule has 1 unspecified atom stereocenters. The van der Waals surface area contributed by atoms with Gasteiger partial charge in [-0.2, -0.15) is 0 Å². The normalized spacial score (nSPS) is 13.6. The Kier molecular flexibility index (Phi) is 7.39. The molecule has 0 aromatic heterocycles. The van der Waals surface area contributed by atoms with E-state index in [1.807, 2.05) is 13.8 Å². The highest BCUT2D eigenvalue weighted by atomic mass is 16.5.